The molecule has 0 aliphatic heterocycles. The predicted octanol–water partition coefficient (Wildman–Crippen LogP) is 1.58. The Balaban J connectivity index is 2.39. The largest absolute Gasteiger partial charge is 0.234 e. The van der Waals surface area contributed by atoms with Crippen LogP contribution in [0.2, 0.25) is 0 Å². The molecule has 4 heteroatoms. The van der Waals surface area contributed by atoms with E-state index in [1.165, 1.54) is 0 Å². The summed E-state index contributed by atoms with van der Waals surface area (Å²) in [5, 5.41) is 0. The SMILES string of the molecule is C=Cc1cnc(-c2ncccn2)nc1. The molecule has 0 aliphatic carbocycles. The van der Waals surface area contributed by atoms with Gasteiger partial charge in [-0.3, -0.25) is 0 Å². The standard InChI is InChI=1S/C10H8N4/c1-2-8-6-13-10(14-7-8)9-11-4-3-5-12-9/h2-7H,1H2. The first-order valence-electron chi connectivity index (χ1n) is 4.12. The van der Waals surface area contributed by atoms with Crippen molar-refractivity contribution < 1.29 is 0 Å². The second-order valence-electron chi connectivity index (χ2n) is 2.62. The van der Waals surface area contributed by atoms with E-state index in [-0.39, 0.29) is 0 Å². The molecule has 0 aromatic carbocycles. The van der Waals surface area contributed by atoms with Gasteiger partial charge in [0.25, 0.3) is 0 Å². The quantitative estimate of drug-likeness (QED) is 0.711. The van der Waals surface area contributed by atoms with Crippen molar-refractivity contribution in [3.8, 4) is 11.6 Å². The summed E-state index contributed by atoms with van der Waals surface area (Å²) in [5.74, 6) is 1.05. The molecule has 2 aromatic heterocycles. The minimum absolute atomic E-state index is 0.524. The van der Waals surface area contributed by atoms with Crippen molar-refractivity contribution in [2.75, 3.05) is 0 Å². The highest BCUT2D eigenvalue weighted by atomic mass is 15.0. The zero-order valence-electron chi connectivity index (χ0n) is 7.46. The van der Waals surface area contributed by atoms with Gasteiger partial charge in [0.15, 0.2) is 11.6 Å². The Kier molecular flexibility index (Phi) is 2.27. The molecule has 0 aliphatic rings. The highest BCUT2D eigenvalue weighted by molar-refractivity contribution is 5.47. The normalized spacial score (nSPS) is 9.71. The van der Waals surface area contributed by atoms with E-state index in [1.807, 2.05) is 0 Å². The van der Waals surface area contributed by atoms with Gasteiger partial charge in [-0.05, 0) is 6.07 Å². The molecule has 0 amide bonds. The summed E-state index contributed by atoms with van der Waals surface area (Å²) in [4.78, 5) is 16.3. The van der Waals surface area contributed by atoms with E-state index in [0.29, 0.717) is 11.6 Å². The van der Waals surface area contributed by atoms with Crippen molar-refractivity contribution in [2.24, 2.45) is 0 Å². The maximum atomic E-state index is 4.11. The molecule has 68 valence electrons. The van der Waals surface area contributed by atoms with E-state index in [1.54, 1.807) is 36.9 Å². The van der Waals surface area contributed by atoms with Crippen LogP contribution >= 0.6 is 0 Å². The molecule has 0 fully saturated rings. The van der Waals surface area contributed by atoms with Gasteiger partial charge in [-0.15, -0.1) is 0 Å². The van der Waals surface area contributed by atoms with Gasteiger partial charge in [0.1, 0.15) is 0 Å². The second kappa shape index (κ2) is 3.74. The average molecular weight is 184 g/mol. The number of hydrogen-bond acceptors (Lipinski definition) is 4. The Hall–Kier alpha value is -2.10. The van der Waals surface area contributed by atoms with Gasteiger partial charge in [0.05, 0.1) is 0 Å². The number of aromatic nitrogens is 4. The predicted molar refractivity (Wildman–Crippen MR) is 53.1 cm³/mol. The molecule has 0 radical (unpaired) electrons. The summed E-state index contributed by atoms with van der Waals surface area (Å²) in [5.41, 5.74) is 0.879. The molecule has 4 nitrogen and oxygen atoms in total. The Morgan fingerprint density at radius 1 is 0.929 bits per heavy atom. The molecule has 2 heterocycles. The lowest BCUT2D eigenvalue weighted by Gasteiger charge is -1.96. The number of hydrogen-bond donors (Lipinski definition) is 0. The molecule has 0 bridgehead atoms. The highest BCUT2D eigenvalue weighted by Crippen LogP contribution is 2.06. The lowest BCUT2D eigenvalue weighted by atomic mass is 10.3. The Labute approximate surface area is 81.4 Å². The second-order valence-corrected chi connectivity index (χ2v) is 2.62. The maximum Gasteiger partial charge on any atom is 0.197 e. The summed E-state index contributed by atoms with van der Waals surface area (Å²) in [6, 6.07) is 1.75. The first kappa shape index (κ1) is 8.50. The van der Waals surface area contributed by atoms with Gasteiger partial charge < -0.3 is 0 Å². The van der Waals surface area contributed by atoms with E-state index < -0.39 is 0 Å². The lowest BCUT2D eigenvalue weighted by molar-refractivity contribution is 1.07. The van der Waals surface area contributed by atoms with Crippen LogP contribution in [-0.2, 0) is 0 Å². The van der Waals surface area contributed by atoms with Crippen LogP contribution < -0.4 is 0 Å². The van der Waals surface area contributed by atoms with Crippen LogP contribution in [0.1, 0.15) is 5.56 Å². The third-order valence-electron chi connectivity index (χ3n) is 1.67. The molecular formula is C10H8N4. The fraction of sp³-hybridized carbons (Fsp3) is 0. The van der Waals surface area contributed by atoms with Crippen molar-refractivity contribution >= 4 is 6.08 Å². The smallest absolute Gasteiger partial charge is 0.197 e. The fourth-order valence-electron chi connectivity index (χ4n) is 0.973. The van der Waals surface area contributed by atoms with Crippen molar-refractivity contribution in [2.45, 2.75) is 0 Å². The zero-order chi connectivity index (χ0) is 9.80. The minimum atomic E-state index is 0.524. The van der Waals surface area contributed by atoms with Crippen molar-refractivity contribution in [1.29, 1.82) is 0 Å². The minimum Gasteiger partial charge on any atom is -0.234 e. The summed E-state index contributed by atoms with van der Waals surface area (Å²) in [6.07, 6.45) is 8.38. The van der Waals surface area contributed by atoms with Crippen LogP contribution in [0.15, 0.2) is 37.4 Å². The Morgan fingerprint density at radius 2 is 1.50 bits per heavy atom. The molecule has 14 heavy (non-hydrogen) atoms. The van der Waals surface area contributed by atoms with Gasteiger partial charge in [-0.25, -0.2) is 19.9 Å². The highest BCUT2D eigenvalue weighted by Gasteiger charge is 2.01. The van der Waals surface area contributed by atoms with E-state index in [2.05, 4.69) is 26.5 Å². The summed E-state index contributed by atoms with van der Waals surface area (Å²) in [6.45, 7) is 3.62. The fourth-order valence-corrected chi connectivity index (χ4v) is 0.973. The molecule has 0 saturated carbocycles. The van der Waals surface area contributed by atoms with Crippen LogP contribution in [0, 0.1) is 0 Å². The molecule has 2 aromatic rings. The van der Waals surface area contributed by atoms with Gasteiger partial charge in [0, 0.05) is 30.4 Å². The summed E-state index contributed by atoms with van der Waals surface area (Å²) in [7, 11) is 0. The van der Waals surface area contributed by atoms with Gasteiger partial charge in [0.2, 0.25) is 0 Å². The molecule has 2 rings (SSSR count). The van der Waals surface area contributed by atoms with Crippen LogP contribution in [-0.4, -0.2) is 19.9 Å². The third-order valence-corrected chi connectivity index (χ3v) is 1.67. The maximum absolute atomic E-state index is 4.11. The summed E-state index contributed by atoms with van der Waals surface area (Å²) < 4.78 is 0. The average Bonchev–Trinajstić information content (AvgIpc) is 2.30. The van der Waals surface area contributed by atoms with Crippen LogP contribution in [0.5, 0.6) is 0 Å². The first-order chi connectivity index (χ1) is 6.90. The van der Waals surface area contributed by atoms with Gasteiger partial charge >= 0.3 is 0 Å². The van der Waals surface area contributed by atoms with Crippen molar-refractivity contribution in [1.82, 2.24) is 19.9 Å². The first-order valence-corrected chi connectivity index (χ1v) is 4.12. The molecule has 0 unspecified atom stereocenters. The molecule has 0 spiro atoms. The number of rotatable bonds is 2. The molecule has 0 N–H and O–H groups in total. The number of nitrogens with zero attached hydrogens (tertiary/aromatic N) is 4. The van der Waals surface area contributed by atoms with Crippen LogP contribution in [0.3, 0.4) is 0 Å². The van der Waals surface area contributed by atoms with E-state index in [4.69, 9.17) is 0 Å². The van der Waals surface area contributed by atoms with Gasteiger partial charge in [-0.1, -0.05) is 12.7 Å². The van der Waals surface area contributed by atoms with Gasteiger partial charge in [-0.2, -0.15) is 0 Å². The zero-order valence-corrected chi connectivity index (χ0v) is 7.46. The Bertz CT molecular complexity index is 422. The van der Waals surface area contributed by atoms with E-state index >= 15 is 0 Å². The molecular weight excluding hydrogens is 176 g/mol. The van der Waals surface area contributed by atoms with E-state index in [0.717, 1.165) is 5.56 Å². The van der Waals surface area contributed by atoms with Crippen LogP contribution in [0.4, 0.5) is 0 Å². The topological polar surface area (TPSA) is 51.6 Å². The van der Waals surface area contributed by atoms with Crippen molar-refractivity contribution in [3.05, 3.63) is 43.0 Å². The summed E-state index contributed by atoms with van der Waals surface area (Å²) >= 11 is 0. The molecule has 0 atom stereocenters. The van der Waals surface area contributed by atoms with Crippen LogP contribution in [0.25, 0.3) is 17.7 Å². The Morgan fingerprint density at radius 3 is 2.07 bits per heavy atom. The third kappa shape index (κ3) is 1.64. The molecule has 0 saturated heterocycles. The lowest BCUT2D eigenvalue weighted by Crippen LogP contribution is -1.93. The van der Waals surface area contributed by atoms with Crippen molar-refractivity contribution in [3.63, 3.8) is 0 Å². The van der Waals surface area contributed by atoms with E-state index in [9.17, 15) is 0 Å². The monoisotopic (exact) mass is 184 g/mol.